The van der Waals surface area contributed by atoms with Gasteiger partial charge in [0.05, 0.1) is 12.7 Å². The molecule has 2 aromatic rings. The van der Waals surface area contributed by atoms with Gasteiger partial charge in [0, 0.05) is 18.5 Å². The van der Waals surface area contributed by atoms with Crippen molar-refractivity contribution in [1.29, 1.82) is 0 Å². The molecule has 1 aromatic carbocycles. The summed E-state index contributed by atoms with van der Waals surface area (Å²) in [5, 5.41) is 0. The molecule has 2 bridgehead atoms. The molecule has 2 aliphatic rings. The molecule has 5 N–H and O–H groups in total. The first-order valence-electron chi connectivity index (χ1n) is 8.60. The molecule has 7 heteroatoms. The number of anilines is 2. The van der Waals surface area contributed by atoms with Crippen LogP contribution in [-0.2, 0) is 0 Å². The monoisotopic (exact) mass is 341 g/mol. The van der Waals surface area contributed by atoms with E-state index in [9.17, 15) is 4.79 Å². The predicted octanol–water partition coefficient (Wildman–Crippen LogP) is 1.49. The number of aromatic amines is 1. The molecule has 2 fully saturated rings. The predicted molar refractivity (Wildman–Crippen MR) is 96.5 cm³/mol. The number of hydrogen-bond donors (Lipinski definition) is 3. The molecule has 4 rings (SSSR count). The van der Waals surface area contributed by atoms with Crippen LogP contribution in [0.25, 0.3) is 0 Å². The largest absolute Gasteiger partial charge is 0.497 e. The number of nitrogens with one attached hydrogen (secondary N) is 1. The van der Waals surface area contributed by atoms with Crippen LogP contribution in [0.1, 0.15) is 35.9 Å². The van der Waals surface area contributed by atoms with E-state index in [0.29, 0.717) is 17.5 Å². The Morgan fingerprint density at radius 1 is 1.28 bits per heavy atom. The molecule has 4 unspecified atom stereocenters. The van der Waals surface area contributed by atoms with Gasteiger partial charge in [-0.3, -0.25) is 14.7 Å². The van der Waals surface area contributed by atoms with E-state index in [0.717, 1.165) is 31.7 Å². The van der Waals surface area contributed by atoms with Gasteiger partial charge in [0.15, 0.2) is 0 Å². The topological polar surface area (TPSA) is 110 Å². The number of hydrogen-bond acceptors (Lipinski definition) is 6. The molecule has 2 aliphatic heterocycles. The molecule has 7 nitrogen and oxygen atoms in total. The van der Waals surface area contributed by atoms with Crippen LogP contribution in [-0.4, -0.2) is 35.1 Å². The number of methoxy groups -OCH3 is 1. The molecule has 4 atom stereocenters. The van der Waals surface area contributed by atoms with Gasteiger partial charge in [0.1, 0.15) is 11.6 Å². The summed E-state index contributed by atoms with van der Waals surface area (Å²) in [5.41, 5.74) is 13.3. The summed E-state index contributed by atoms with van der Waals surface area (Å²) in [6.45, 7) is 1.85. The smallest absolute Gasteiger partial charge is 0.257 e. The zero-order chi connectivity index (χ0) is 17.6. The van der Waals surface area contributed by atoms with Crippen molar-refractivity contribution in [3.63, 3.8) is 0 Å². The molecule has 1 aromatic heterocycles. The molecule has 132 valence electrons. The third kappa shape index (κ3) is 2.74. The van der Waals surface area contributed by atoms with E-state index in [2.05, 4.69) is 27.0 Å². The number of rotatable bonds is 3. The molecule has 25 heavy (non-hydrogen) atoms. The molecule has 2 saturated heterocycles. The van der Waals surface area contributed by atoms with Gasteiger partial charge in [-0.15, -0.1) is 0 Å². The summed E-state index contributed by atoms with van der Waals surface area (Å²) in [4.78, 5) is 21.4. The molecule has 0 aliphatic carbocycles. The van der Waals surface area contributed by atoms with Crippen LogP contribution in [0.3, 0.4) is 0 Å². The van der Waals surface area contributed by atoms with E-state index in [1.807, 2.05) is 12.1 Å². The molecular formula is C18H23N5O2. The highest BCUT2D eigenvalue weighted by Gasteiger charge is 2.43. The van der Waals surface area contributed by atoms with Crippen LogP contribution >= 0.6 is 0 Å². The Hall–Kier alpha value is -2.54. The average Bonchev–Trinajstić information content (AvgIpc) is 2.84. The number of nitrogens with two attached hydrogens (primary N) is 2. The van der Waals surface area contributed by atoms with E-state index in [1.165, 1.54) is 5.56 Å². The van der Waals surface area contributed by atoms with E-state index < -0.39 is 0 Å². The Morgan fingerprint density at radius 2 is 2.04 bits per heavy atom. The van der Waals surface area contributed by atoms with Crippen molar-refractivity contribution >= 4 is 11.8 Å². The van der Waals surface area contributed by atoms with E-state index in [4.69, 9.17) is 16.2 Å². The zero-order valence-electron chi connectivity index (χ0n) is 14.2. The number of nitrogen functional groups attached to an aromatic ring is 2. The summed E-state index contributed by atoms with van der Waals surface area (Å²) >= 11 is 0. The minimum atomic E-state index is -0.210. The van der Waals surface area contributed by atoms with Crippen molar-refractivity contribution in [2.75, 3.05) is 31.7 Å². The van der Waals surface area contributed by atoms with Crippen LogP contribution < -0.4 is 21.8 Å². The molecule has 0 amide bonds. The van der Waals surface area contributed by atoms with Crippen molar-refractivity contribution in [1.82, 2.24) is 14.9 Å². The maximum absolute atomic E-state index is 12.3. The molecule has 0 radical (unpaired) electrons. The first-order chi connectivity index (χ1) is 12.1. The Labute approximate surface area is 146 Å². The normalized spacial score (nSPS) is 28.0. The van der Waals surface area contributed by atoms with Crippen molar-refractivity contribution in [2.45, 2.75) is 24.8 Å². The minimum absolute atomic E-state index is 0.0708. The highest BCUT2D eigenvalue weighted by Crippen LogP contribution is 2.48. The van der Waals surface area contributed by atoms with Crippen molar-refractivity contribution < 1.29 is 4.74 Å². The summed E-state index contributed by atoms with van der Waals surface area (Å²) in [5.74, 6) is 1.80. The first kappa shape index (κ1) is 16.0. The zero-order valence-corrected chi connectivity index (χ0v) is 14.2. The Balaban J connectivity index is 1.61. The lowest BCUT2D eigenvalue weighted by Crippen LogP contribution is -2.37. The number of H-pyrrole nitrogens is 1. The number of benzene rings is 1. The average molecular weight is 341 g/mol. The number of ether oxygens (including phenoxy) is 1. The number of piperidine rings is 1. The van der Waals surface area contributed by atoms with Gasteiger partial charge >= 0.3 is 0 Å². The van der Waals surface area contributed by atoms with Crippen LogP contribution in [0.2, 0.25) is 0 Å². The second-order valence-electron chi connectivity index (χ2n) is 6.94. The summed E-state index contributed by atoms with van der Waals surface area (Å²) < 4.78 is 5.25. The Kier molecular flexibility index (Phi) is 3.88. The number of aromatic nitrogens is 2. The fourth-order valence-electron chi connectivity index (χ4n) is 4.51. The fourth-order valence-corrected chi connectivity index (χ4v) is 4.51. The van der Waals surface area contributed by atoms with Gasteiger partial charge in [0.2, 0.25) is 5.95 Å². The minimum Gasteiger partial charge on any atom is -0.497 e. The lowest BCUT2D eigenvalue weighted by atomic mass is 9.80. The molecule has 3 heterocycles. The second-order valence-corrected chi connectivity index (χ2v) is 6.94. The van der Waals surface area contributed by atoms with E-state index in [1.54, 1.807) is 7.11 Å². The molecular weight excluding hydrogens is 318 g/mol. The third-order valence-corrected chi connectivity index (χ3v) is 5.54. The van der Waals surface area contributed by atoms with Crippen molar-refractivity contribution in [3.05, 3.63) is 45.7 Å². The van der Waals surface area contributed by atoms with E-state index in [-0.39, 0.29) is 23.2 Å². The summed E-state index contributed by atoms with van der Waals surface area (Å²) in [6.07, 6.45) is 2.07. The van der Waals surface area contributed by atoms with Crippen LogP contribution in [0.5, 0.6) is 5.75 Å². The quantitative estimate of drug-likeness (QED) is 0.780. The SMILES string of the molecule is COc1ccc(C2C3CCN2CC(c2c(N)nc(N)[nH]c2=O)C3)cc1. The van der Waals surface area contributed by atoms with Gasteiger partial charge < -0.3 is 16.2 Å². The highest BCUT2D eigenvalue weighted by molar-refractivity contribution is 5.44. The maximum atomic E-state index is 12.3. The van der Waals surface area contributed by atoms with Crippen molar-refractivity contribution in [3.8, 4) is 5.75 Å². The van der Waals surface area contributed by atoms with Gasteiger partial charge in [-0.1, -0.05) is 12.1 Å². The van der Waals surface area contributed by atoms with Gasteiger partial charge in [-0.2, -0.15) is 4.98 Å². The Bertz CT molecular complexity index is 818. The first-order valence-corrected chi connectivity index (χ1v) is 8.60. The third-order valence-electron chi connectivity index (χ3n) is 5.54. The van der Waals surface area contributed by atoms with Crippen LogP contribution in [0.4, 0.5) is 11.8 Å². The van der Waals surface area contributed by atoms with Gasteiger partial charge in [-0.25, -0.2) is 0 Å². The number of nitrogens with zero attached hydrogens (tertiary/aromatic N) is 2. The van der Waals surface area contributed by atoms with Crippen LogP contribution in [0.15, 0.2) is 29.1 Å². The highest BCUT2D eigenvalue weighted by atomic mass is 16.5. The van der Waals surface area contributed by atoms with Crippen LogP contribution in [0, 0.1) is 5.92 Å². The van der Waals surface area contributed by atoms with E-state index >= 15 is 0 Å². The fraction of sp³-hybridized carbons (Fsp3) is 0.444. The number of fused-ring (bicyclic) bond motifs is 2. The van der Waals surface area contributed by atoms with Gasteiger partial charge in [0.25, 0.3) is 5.56 Å². The van der Waals surface area contributed by atoms with Gasteiger partial charge in [-0.05, 0) is 43.0 Å². The molecule has 0 spiro atoms. The second kappa shape index (κ2) is 6.07. The summed E-state index contributed by atoms with van der Waals surface area (Å²) in [6, 6.07) is 8.69. The lowest BCUT2D eigenvalue weighted by molar-refractivity contribution is 0.157. The van der Waals surface area contributed by atoms with Crippen molar-refractivity contribution in [2.24, 2.45) is 5.92 Å². The molecule has 0 saturated carbocycles. The lowest BCUT2D eigenvalue weighted by Gasteiger charge is -2.38. The maximum Gasteiger partial charge on any atom is 0.257 e. The standard InChI is InChI=1S/C18H23N5O2/c1-25-13-4-2-10(3-5-13)15-11-6-7-23(15)9-12(8-11)14-16(19)21-18(20)22-17(14)24/h2-5,11-12,15H,6-9H2,1H3,(H5,19,20,21,22,24). The summed E-state index contributed by atoms with van der Waals surface area (Å²) in [7, 11) is 1.68. The Morgan fingerprint density at radius 3 is 2.68 bits per heavy atom.